The quantitative estimate of drug-likeness (QED) is 0.740. The van der Waals surface area contributed by atoms with E-state index in [1.807, 2.05) is 0 Å². The molecule has 0 radical (unpaired) electrons. The van der Waals surface area contributed by atoms with E-state index >= 15 is 0 Å². The molecule has 0 aromatic carbocycles. The average molecular weight is 247 g/mol. The normalized spacial score (nSPS) is 10.6. The first-order valence-electron chi connectivity index (χ1n) is 5.11. The Labute approximate surface area is 98.2 Å². The van der Waals surface area contributed by atoms with Crippen molar-refractivity contribution in [1.29, 1.82) is 0 Å². The van der Waals surface area contributed by atoms with Crippen molar-refractivity contribution in [3.63, 3.8) is 0 Å². The van der Waals surface area contributed by atoms with Gasteiger partial charge in [-0.15, -0.1) is 0 Å². The zero-order chi connectivity index (χ0) is 12.7. The topological polar surface area (TPSA) is 56.3 Å². The lowest BCUT2D eigenvalue weighted by molar-refractivity contribution is 0.0215. The van der Waals surface area contributed by atoms with Crippen molar-refractivity contribution < 1.29 is 18.3 Å². The predicted octanol–water partition coefficient (Wildman–Crippen LogP) is 1.49. The number of hydrogen-bond acceptors (Lipinski definition) is 5. The van der Waals surface area contributed by atoms with Crippen LogP contribution >= 0.6 is 0 Å². The highest BCUT2D eigenvalue weighted by molar-refractivity contribution is 5.38. The maximum Gasteiger partial charge on any atom is 0.261 e. The molecular formula is C10H15F2N3O2. The third-order valence-corrected chi connectivity index (χ3v) is 1.82. The van der Waals surface area contributed by atoms with Gasteiger partial charge in [0.05, 0.1) is 13.7 Å². The van der Waals surface area contributed by atoms with Crippen molar-refractivity contribution in [2.75, 3.05) is 32.2 Å². The fourth-order valence-corrected chi connectivity index (χ4v) is 1.16. The molecule has 1 rings (SSSR count). The first-order chi connectivity index (χ1) is 8.11. The summed E-state index contributed by atoms with van der Waals surface area (Å²) in [7, 11) is 1.51. The minimum atomic E-state index is -2.43. The smallest absolute Gasteiger partial charge is 0.261 e. The molecule has 1 aromatic rings. The van der Waals surface area contributed by atoms with E-state index in [1.54, 1.807) is 13.0 Å². The minimum Gasteiger partial charge on any atom is -0.481 e. The Morgan fingerprint density at radius 1 is 1.41 bits per heavy atom. The second-order valence-electron chi connectivity index (χ2n) is 3.24. The Kier molecular flexibility index (Phi) is 5.55. The lowest BCUT2D eigenvalue weighted by atomic mass is 10.5. The van der Waals surface area contributed by atoms with Crippen LogP contribution in [0.2, 0.25) is 0 Å². The summed E-state index contributed by atoms with van der Waals surface area (Å²) in [5.41, 5.74) is 0. The first kappa shape index (κ1) is 13.6. The number of rotatable bonds is 7. The Morgan fingerprint density at radius 3 is 2.82 bits per heavy atom. The van der Waals surface area contributed by atoms with Gasteiger partial charge in [-0.3, -0.25) is 0 Å². The molecule has 1 aromatic heterocycles. The summed E-state index contributed by atoms with van der Waals surface area (Å²) in [6.45, 7) is 1.77. The number of methoxy groups -OCH3 is 1. The van der Waals surface area contributed by atoms with Crippen LogP contribution < -0.4 is 10.1 Å². The number of nitrogens with zero attached hydrogens (tertiary/aromatic N) is 2. The molecule has 0 aliphatic rings. The molecule has 0 aliphatic heterocycles. The molecule has 96 valence electrons. The summed E-state index contributed by atoms with van der Waals surface area (Å²) in [4.78, 5) is 8.12. The molecule has 0 unspecified atom stereocenters. The monoisotopic (exact) mass is 247 g/mol. The van der Waals surface area contributed by atoms with Crippen LogP contribution in [0.4, 0.5) is 14.6 Å². The molecule has 0 amide bonds. The standard InChI is InChI=1S/C10H15F2N3O2/c1-7-14-9(5-10(15-7)16-2)13-3-4-17-6-8(11)12/h5,8H,3-4,6H2,1-2H3,(H,13,14,15). The highest BCUT2D eigenvalue weighted by atomic mass is 19.3. The third kappa shape index (κ3) is 5.39. The Balaban J connectivity index is 2.33. The number of aromatic nitrogens is 2. The van der Waals surface area contributed by atoms with Gasteiger partial charge in [0, 0.05) is 12.6 Å². The molecule has 0 atom stereocenters. The molecule has 0 aliphatic carbocycles. The van der Waals surface area contributed by atoms with Crippen LogP contribution in [0.1, 0.15) is 5.82 Å². The van der Waals surface area contributed by atoms with E-state index in [0.717, 1.165) is 0 Å². The zero-order valence-electron chi connectivity index (χ0n) is 9.74. The molecule has 17 heavy (non-hydrogen) atoms. The van der Waals surface area contributed by atoms with Crippen molar-refractivity contribution in [3.8, 4) is 5.88 Å². The van der Waals surface area contributed by atoms with E-state index in [9.17, 15) is 8.78 Å². The van der Waals surface area contributed by atoms with Gasteiger partial charge in [0.2, 0.25) is 5.88 Å². The van der Waals surface area contributed by atoms with Crippen molar-refractivity contribution in [2.45, 2.75) is 13.3 Å². The van der Waals surface area contributed by atoms with E-state index in [1.165, 1.54) is 7.11 Å². The van der Waals surface area contributed by atoms with Gasteiger partial charge < -0.3 is 14.8 Å². The predicted molar refractivity (Wildman–Crippen MR) is 58.6 cm³/mol. The summed E-state index contributed by atoms with van der Waals surface area (Å²) in [6, 6.07) is 1.63. The number of aryl methyl sites for hydroxylation is 1. The third-order valence-electron chi connectivity index (χ3n) is 1.82. The zero-order valence-corrected chi connectivity index (χ0v) is 9.74. The number of nitrogens with one attached hydrogen (secondary N) is 1. The Morgan fingerprint density at radius 2 is 2.18 bits per heavy atom. The molecular weight excluding hydrogens is 232 g/mol. The van der Waals surface area contributed by atoms with E-state index in [2.05, 4.69) is 15.3 Å². The van der Waals surface area contributed by atoms with Gasteiger partial charge >= 0.3 is 0 Å². The molecule has 0 bridgehead atoms. The molecule has 0 saturated heterocycles. The number of halogens is 2. The SMILES string of the molecule is COc1cc(NCCOCC(F)F)nc(C)n1. The number of ether oxygens (including phenoxy) is 2. The Hall–Kier alpha value is -1.50. The van der Waals surface area contributed by atoms with E-state index < -0.39 is 13.0 Å². The van der Waals surface area contributed by atoms with Crippen LogP contribution in [0.3, 0.4) is 0 Å². The summed E-state index contributed by atoms with van der Waals surface area (Å²) < 4.78 is 33.2. The fraction of sp³-hybridized carbons (Fsp3) is 0.600. The number of anilines is 1. The van der Waals surface area contributed by atoms with Gasteiger partial charge in [-0.25, -0.2) is 13.8 Å². The molecule has 1 N–H and O–H groups in total. The number of alkyl halides is 2. The van der Waals surface area contributed by atoms with E-state index in [-0.39, 0.29) is 6.61 Å². The lowest BCUT2D eigenvalue weighted by Crippen LogP contribution is -2.14. The lowest BCUT2D eigenvalue weighted by Gasteiger charge is -2.08. The van der Waals surface area contributed by atoms with Crippen LogP contribution in [-0.2, 0) is 4.74 Å². The van der Waals surface area contributed by atoms with Crippen molar-refractivity contribution in [3.05, 3.63) is 11.9 Å². The first-order valence-corrected chi connectivity index (χ1v) is 5.11. The van der Waals surface area contributed by atoms with Gasteiger partial charge in [0.25, 0.3) is 6.43 Å². The van der Waals surface area contributed by atoms with Crippen molar-refractivity contribution in [2.24, 2.45) is 0 Å². The maximum atomic E-state index is 11.8. The van der Waals surface area contributed by atoms with Gasteiger partial charge in [-0.05, 0) is 6.92 Å². The summed E-state index contributed by atoms with van der Waals surface area (Å²) in [5.74, 6) is 1.60. The van der Waals surface area contributed by atoms with Crippen LogP contribution in [0.25, 0.3) is 0 Å². The van der Waals surface area contributed by atoms with Gasteiger partial charge in [0.15, 0.2) is 0 Å². The average Bonchev–Trinajstić information content (AvgIpc) is 2.27. The van der Waals surface area contributed by atoms with Crippen molar-refractivity contribution >= 4 is 5.82 Å². The molecule has 1 heterocycles. The van der Waals surface area contributed by atoms with E-state index in [4.69, 9.17) is 9.47 Å². The van der Waals surface area contributed by atoms with Crippen molar-refractivity contribution in [1.82, 2.24) is 9.97 Å². The summed E-state index contributed by atoms with van der Waals surface area (Å²) in [6.07, 6.45) is -2.43. The summed E-state index contributed by atoms with van der Waals surface area (Å²) >= 11 is 0. The molecule has 7 heteroatoms. The maximum absolute atomic E-state index is 11.8. The van der Waals surface area contributed by atoms with E-state index in [0.29, 0.717) is 24.1 Å². The molecule has 0 fully saturated rings. The van der Waals surface area contributed by atoms with Gasteiger partial charge in [-0.1, -0.05) is 0 Å². The van der Waals surface area contributed by atoms with Crippen LogP contribution in [-0.4, -0.2) is 43.3 Å². The largest absolute Gasteiger partial charge is 0.481 e. The van der Waals surface area contributed by atoms with Crippen LogP contribution in [0.15, 0.2) is 6.07 Å². The second kappa shape index (κ2) is 6.95. The van der Waals surface area contributed by atoms with Gasteiger partial charge in [0.1, 0.15) is 18.2 Å². The molecule has 5 nitrogen and oxygen atoms in total. The second-order valence-corrected chi connectivity index (χ2v) is 3.24. The van der Waals surface area contributed by atoms with Crippen LogP contribution in [0, 0.1) is 6.92 Å². The summed E-state index contributed by atoms with van der Waals surface area (Å²) in [5, 5.41) is 2.93. The minimum absolute atomic E-state index is 0.190. The Bertz CT molecular complexity index is 350. The number of hydrogen-bond donors (Lipinski definition) is 1. The molecule has 0 spiro atoms. The van der Waals surface area contributed by atoms with Gasteiger partial charge in [-0.2, -0.15) is 4.98 Å². The fourth-order valence-electron chi connectivity index (χ4n) is 1.16. The highest BCUT2D eigenvalue weighted by Crippen LogP contribution is 2.12. The molecule has 0 saturated carbocycles. The highest BCUT2D eigenvalue weighted by Gasteiger charge is 2.03. The van der Waals surface area contributed by atoms with Crippen LogP contribution in [0.5, 0.6) is 5.88 Å².